The van der Waals surface area contributed by atoms with Crippen LogP contribution in [0.4, 0.5) is 0 Å². The van der Waals surface area contributed by atoms with E-state index in [1.807, 2.05) is 0 Å². The van der Waals surface area contributed by atoms with Crippen LogP contribution in [0.5, 0.6) is 0 Å². The summed E-state index contributed by atoms with van der Waals surface area (Å²) in [7, 11) is 1.32. The number of carbonyl (C=O) groups excluding carboxylic acids is 2. The van der Waals surface area contributed by atoms with Crippen molar-refractivity contribution in [2.24, 2.45) is 5.92 Å². The molecule has 0 aromatic heterocycles. The lowest BCUT2D eigenvalue weighted by molar-refractivity contribution is -0.134. The van der Waals surface area contributed by atoms with Gasteiger partial charge >= 0.3 is 5.97 Å². The molecular formula is C10H12O3S2. The maximum atomic E-state index is 11.4. The Hall–Kier alpha value is -0.680. The number of ketones is 1. The second-order valence-corrected chi connectivity index (χ2v) is 4.82. The van der Waals surface area contributed by atoms with E-state index in [2.05, 4.69) is 4.74 Å². The summed E-state index contributed by atoms with van der Waals surface area (Å²) in [5.74, 6) is -0.297. The zero-order valence-corrected chi connectivity index (χ0v) is 10.0. The van der Waals surface area contributed by atoms with Gasteiger partial charge in [0.2, 0.25) is 0 Å². The molecule has 0 bridgehead atoms. The average molecular weight is 244 g/mol. The Kier molecular flexibility index (Phi) is 4.98. The molecule has 1 rings (SSSR count). The summed E-state index contributed by atoms with van der Waals surface area (Å²) in [6.07, 6.45) is 3.70. The number of rotatable bonds is 3. The van der Waals surface area contributed by atoms with Crippen molar-refractivity contribution in [2.45, 2.75) is 19.3 Å². The predicted molar refractivity (Wildman–Crippen MR) is 63.7 cm³/mol. The molecule has 5 heteroatoms. The van der Waals surface area contributed by atoms with Crippen LogP contribution in [0.3, 0.4) is 0 Å². The second kappa shape index (κ2) is 6.02. The number of methoxy groups -OCH3 is 1. The van der Waals surface area contributed by atoms with Gasteiger partial charge in [-0.2, -0.15) is 0 Å². The molecule has 1 aliphatic carbocycles. The number of hydrogen-bond acceptors (Lipinski definition) is 5. The van der Waals surface area contributed by atoms with Crippen molar-refractivity contribution in [3.05, 3.63) is 11.5 Å². The summed E-state index contributed by atoms with van der Waals surface area (Å²) >= 11 is 6.37. The standard InChI is InChI=1S/C10H12O3S2/c1-13-9(12)5-6-15-10(14)7-3-2-4-8(7)11/h5-7H,2-4H2,1H3/b6-5-/t7-/m0/s1. The van der Waals surface area contributed by atoms with E-state index in [4.69, 9.17) is 12.2 Å². The predicted octanol–water partition coefficient (Wildman–Crippen LogP) is 2.10. The molecule has 1 aliphatic rings. The van der Waals surface area contributed by atoms with Gasteiger partial charge in [-0.1, -0.05) is 24.0 Å². The van der Waals surface area contributed by atoms with Crippen molar-refractivity contribution >= 4 is 39.9 Å². The SMILES string of the molecule is COC(=O)/C=C\SC(=S)[C@H]1CCCC1=O. The topological polar surface area (TPSA) is 43.4 Å². The minimum Gasteiger partial charge on any atom is -0.466 e. The molecule has 15 heavy (non-hydrogen) atoms. The van der Waals surface area contributed by atoms with Crippen molar-refractivity contribution in [3.8, 4) is 0 Å². The summed E-state index contributed by atoms with van der Waals surface area (Å²) in [4.78, 5) is 22.1. The molecule has 0 radical (unpaired) electrons. The lowest BCUT2D eigenvalue weighted by atomic mass is 10.1. The summed E-state index contributed by atoms with van der Waals surface area (Å²) in [6.45, 7) is 0. The first-order chi connectivity index (χ1) is 7.15. The number of carbonyl (C=O) groups is 2. The third-order valence-corrected chi connectivity index (χ3v) is 3.54. The molecule has 1 saturated carbocycles. The first-order valence-corrected chi connectivity index (χ1v) is 5.91. The van der Waals surface area contributed by atoms with Gasteiger partial charge in [0.25, 0.3) is 0 Å². The minimum atomic E-state index is -0.414. The van der Waals surface area contributed by atoms with E-state index in [1.54, 1.807) is 5.41 Å². The van der Waals surface area contributed by atoms with Crippen LogP contribution >= 0.6 is 24.0 Å². The van der Waals surface area contributed by atoms with Gasteiger partial charge < -0.3 is 4.74 Å². The molecule has 0 unspecified atom stereocenters. The Bertz CT molecular complexity index is 310. The number of thioether (sulfide) groups is 1. The fourth-order valence-corrected chi connectivity index (χ4v) is 2.51. The van der Waals surface area contributed by atoms with Gasteiger partial charge in [-0.05, 0) is 18.2 Å². The van der Waals surface area contributed by atoms with Crippen molar-refractivity contribution in [3.63, 3.8) is 0 Å². The highest BCUT2D eigenvalue weighted by Crippen LogP contribution is 2.27. The van der Waals surface area contributed by atoms with Crippen LogP contribution in [0.1, 0.15) is 19.3 Å². The number of hydrogen-bond donors (Lipinski definition) is 0. The van der Waals surface area contributed by atoms with Crippen LogP contribution in [-0.4, -0.2) is 23.1 Å². The Morgan fingerprint density at radius 2 is 2.40 bits per heavy atom. The Morgan fingerprint density at radius 3 is 2.93 bits per heavy atom. The highest BCUT2D eigenvalue weighted by molar-refractivity contribution is 8.25. The highest BCUT2D eigenvalue weighted by Gasteiger charge is 2.27. The van der Waals surface area contributed by atoms with Crippen LogP contribution in [0.25, 0.3) is 0 Å². The van der Waals surface area contributed by atoms with Gasteiger partial charge in [-0.3, -0.25) is 4.79 Å². The lowest BCUT2D eigenvalue weighted by Gasteiger charge is -2.05. The highest BCUT2D eigenvalue weighted by atomic mass is 32.2. The maximum Gasteiger partial charge on any atom is 0.330 e. The van der Waals surface area contributed by atoms with Crippen LogP contribution < -0.4 is 0 Å². The van der Waals surface area contributed by atoms with Gasteiger partial charge in [0, 0.05) is 12.5 Å². The minimum absolute atomic E-state index is 0.104. The average Bonchev–Trinajstić information content (AvgIpc) is 2.64. The van der Waals surface area contributed by atoms with E-state index in [9.17, 15) is 9.59 Å². The third kappa shape index (κ3) is 3.76. The Balaban J connectivity index is 2.39. The van der Waals surface area contributed by atoms with Gasteiger partial charge in [0.05, 0.1) is 17.2 Å². The molecule has 0 N–H and O–H groups in total. The van der Waals surface area contributed by atoms with Crippen LogP contribution in [0.2, 0.25) is 0 Å². The van der Waals surface area contributed by atoms with E-state index < -0.39 is 5.97 Å². The molecule has 3 nitrogen and oxygen atoms in total. The largest absolute Gasteiger partial charge is 0.466 e. The van der Waals surface area contributed by atoms with Gasteiger partial charge in [0.15, 0.2) is 0 Å². The smallest absolute Gasteiger partial charge is 0.330 e. The molecule has 0 amide bonds. The number of esters is 1. The Labute approximate surface area is 98.2 Å². The maximum absolute atomic E-state index is 11.4. The van der Waals surface area contributed by atoms with E-state index in [0.717, 1.165) is 12.8 Å². The van der Waals surface area contributed by atoms with Crippen molar-refractivity contribution in [1.82, 2.24) is 0 Å². The van der Waals surface area contributed by atoms with E-state index in [1.165, 1.54) is 24.9 Å². The van der Waals surface area contributed by atoms with Gasteiger partial charge in [-0.15, -0.1) is 0 Å². The van der Waals surface area contributed by atoms with Crippen LogP contribution in [0, 0.1) is 5.92 Å². The van der Waals surface area contributed by atoms with E-state index in [-0.39, 0.29) is 11.7 Å². The fraction of sp³-hybridized carbons (Fsp3) is 0.500. The van der Waals surface area contributed by atoms with E-state index >= 15 is 0 Å². The monoisotopic (exact) mass is 244 g/mol. The quantitative estimate of drug-likeness (QED) is 0.432. The summed E-state index contributed by atoms with van der Waals surface area (Å²) in [6, 6.07) is 0. The molecule has 1 fully saturated rings. The second-order valence-electron chi connectivity index (χ2n) is 3.17. The first kappa shape index (κ1) is 12.4. The van der Waals surface area contributed by atoms with E-state index in [0.29, 0.717) is 10.6 Å². The number of ether oxygens (including phenoxy) is 1. The molecule has 1 atom stereocenters. The first-order valence-electron chi connectivity index (χ1n) is 4.63. The van der Waals surface area contributed by atoms with Gasteiger partial charge in [-0.25, -0.2) is 4.79 Å². The molecule has 0 aromatic carbocycles. The zero-order valence-electron chi connectivity index (χ0n) is 8.39. The normalized spacial score (nSPS) is 20.9. The summed E-state index contributed by atoms with van der Waals surface area (Å²) in [5, 5.41) is 1.57. The molecule has 0 heterocycles. The molecule has 0 aliphatic heterocycles. The van der Waals surface area contributed by atoms with Crippen molar-refractivity contribution in [1.29, 1.82) is 0 Å². The van der Waals surface area contributed by atoms with Crippen LogP contribution in [0.15, 0.2) is 11.5 Å². The summed E-state index contributed by atoms with van der Waals surface area (Å²) < 4.78 is 5.08. The number of thiocarbonyl (C=S) groups is 1. The Morgan fingerprint density at radius 1 is 1.67 bits per heavy atom. The van der Waals surface area contributed by atoms with Crippen LogP contribution in [-0.2, 0) is 14.3 Å². The lowest BCUT2D eigenvalue weighted by Crippen LogP contribution is -2.13. The summed E-state index contributed by atoms with van der Waals surface area (Å²) in [5.41, 5.74) is 0. The molecular weight excluding hydrogens is 232 g/mol. The fourth-order valence-electron chi connectivity index (χ4n) is 1.37. The third-order valence-electron chi connectivity index (χ3n) is 2.18. The molecule has 82 valence electrons. The van der Waals surface area contributed by atoms with Crippen molar-refractivity contribution in [2.75, 3.05) is 7.11 Å². The van der Waals surface area contributed by atoms with Gasteiger partial charge in [0.1, 0.15) is 5.78 Å². The molecule has 0 aromatic rings. The number of Topliss-reactive ketones (excluding diaryl/α,β-unsaturated/α-hetero) is 1. The van der Waals surface area contributed by atoms with Crippen molar-refractivity contribution < 1.29 is 14.3 Å². The molecule has 0 saturated heterocycles. The zero-order chi connectivity index (χ0) is 11.3. The molecule has 0 spiro atoms.